The van der Waals surface area contributed by atoms with Crippen molar-refractivity contribution in [3.8, 4) is 0 Å². The number of nitrogens with zero attached hydrogens (tertiary/aromatic N) is 2. The van der Waals surface area contributed by atoms with Crippen molar-refractivity contribution in [1.29, 1.82) is 0 Å². The molecule has 1 aromatic heterocycles. The normalized spacial score (nSPS) is 10.5. The minimum Gasteiger partial charge on any atom is -0.356 e. The fraction of sp³-hybridized carbons (Fsp3) is 0.273. The number of aryl methyl sites for hydroxylation is 1. The number of rotatable bonds is 4. The van der Waals surface area contributed by atoms with Gasteiger partial charge in [-0.05, 0) is 17.7 Å². The van der Waals surface area contributed by atoms with E-state index >= 15 is 0 Å². The van der Waals surface area contributed by atoms with E-state index in [1.54, 1.807) is 0 Å². The molecule has 0 saturated carbocycles. The summed E-state index contributed by atoms with van der Waals surface area (Å²) in [6.45, 7) is 2.37. The van der Waals surface area contributed by atoms with Crippen molar-refractivity contribution in [2.45, 2.75) is 19.9 Å². The molecule has 1 heterocycles. The third-order valence-corrected chi connectivity index (χ3v) is 2.92. The Balaban J connectivity index is 1.99. The van der Waals surface area contributed by atoms with Gasteiger partial charge in [-0.2, -0.15) is 4.37 Å². The van der Waals surface area contributed by atoms with Crippen molar-refractivity contribution in [3.63, 3.8) is 0 Å². The molecule has 0 spiro atoms. The zero-order chi connectivity index (χ0) is 12.3. The van der Waals surface area contributed by atoms with Gasteiger partial charge in [0.15, 0.2) is 11.6 Å². The highest BCUT2D eigenvalue weighted by atomic mass is 32.1. The lowest BCUT2D eigenvalue weighted by Gasteiger charge is -2.02. The molecule has 0 aliphatic carbocycles. The topological polar surface area (TPSA) is 37.8 Å². The van der Waals surface area contributed by atoms with Crippen LogP contribution in [0.2, 0.25) is 0 Å². The molecule has 0 radical (unpaired) electrons. The fourth-order valence-electron chi connectivity index (χ4n) is 1.30. The average Bonchev–Trinajstić information content (AvgIpc) is 2.79. The van der Waals surface area contributed by atoms with Gasteiger partial charge in [0, 0.05) is 24.5 Å². The number of hydrogen-bond acceptors (Lipinski definition) is 4. The molecular weight excluding hydrogens is 244 g/mol. The molecule has 0 unspecified atom stereocenters. The number of nitrogens with one attached hydrogen (secondary N) is 1. The summed E-state index contributed by atoms with van der Waals surface area (Å²) >= 11 is 1.26. The molecule has 0 saturated heterocycles. The number of hydrogen-bond donors (Lipinski definition) is 1. The van der Waals surface area contributed by atoms with Crippen LogP contribution in [0.5, 0.6) is 0 Å². The summed E-state index contributed by atoms with van der Waals surface area (Å²) in [4.78, 5) is 4.21. The molecule has 0 bridgehead atoms. The molecule has 0 fully saturated rings. The molecule has 6 heteroatoms. The van der Waals surface area contributed by atoms with Crippen LogP contribution in [0.1, 0.15) is 18.3 Å². The summed E-state index contributed by atoms with van der Waals surface area (Å²) < 4.78 is 29.7. The molecule has 1 N–H and O–H groups in total. The second-order valence-corrected chi connectivity index (χ2v) is 4.22. The quantitative estimate of drug-likeness (QED) is 0.912. The average molecular weight is 255 g/mol. The van der Waals surface area contributed by atoms with Crippen LogP contribution in [0.25, 0.3) is 0 Å². The molecule has 90 valence electrons. The monoisotopic (exact) mass is 255 g/mol. The Morgan fingerprint density at radius 2 is 2.12 bits per heavy atom. The lowest BCUT2D eigenvalue weighted by Crippen LogP contribution is -2.00. The summed E-state index contributed by atoms with van der Waals surface area (Å²) in [6.07, 6.45) is 0.781. The van der Waals surface area contributed by atoms with Crippen LogP contribution in [0.15, 0.2) is 18.2 Å². The van der Waals surface area contributed by atoms with E-state index in [2.05, 4.69) is 14.7 Å². The van der Waals surface area contributed by atoms with Crippen LogP contribution >= 0.6 is 11.5 Å². The van der Waals surface area contributed by atoms with E-state index in [1.807, 2.05) is 6.92 Å². The summed E-state index contributed by atoms with van der Waals surface area (Å²) in [6, 6.07) is 3.82. The Labute approximate surface area is 102 Å². The smallest absolute Gasteiger partial charge is 0.202 e. The summed E-state index contributed by atoms with van der Waals surface area (Å²) in [5.74, 6) is -0.892. The first kappa shape index (κ1) is 11.9. The second-order valence-electron chi connectivity index (χ2n) is 3.47. The van der Waals surface area contributed by atoms with Crippen molar-refractivity contribution >= 4 is 16.7 Å². The zero-order valence-electron chi connectivity index (χ0n) is 9.20. The molecule has 2 aromatic rings. The van der Waals surface area contributed by atoms with E-state index in [4.69, 9.17) is 0 Å². The van der Waals surface area contributed by atoms with Crippen LogP contribution in [0, 0.1) is 11.6 Å². The summed E-state index contributed by atoms with van der Waals surface area (Å²) in [5.41, 5.74) is 0.664. The Morgan fingerprint density at radius 3 is 2.76 bits per heavy atom. The molecule has 2 rings (SSSR count). The van der Waals surface area contributed by atoms with E-state index in [0.717, 1.165) is 18.3 Å². The highest BCUT2D eigenvalue weighted by molar-refractivity contribution is 7.09. The maximum absolute atomic E-state index is 12.9. The van der Waals surface area contributed by atoms with E-state index in [-0.39, 0.29) is 0 Å². The SMILES string of the molecule is CCc1nsc(NCc2ccc(F)c(F)c2)n1. The van der Waals surface area contributed by atoms with Gasteiger partial charge in [0.2, 0.25) is 5.13 Å². The molecule has 1 aromatic carbocycles. The third-order valence-electron chi connectivity index (χ3n) is 2.21. The highest BCUT2D eigenvalue weighted by Gasteiger charge is 2.04. The van der Waals surface area contributed by atoms with Crippen molar-refractivity contribution < 1.29 is 8.78 Å². The maximum Gasteiger partial charge on any atom is 0.202 e. The van der Waals surface area contributed by atoms with Crippen LogP contribution in [-0.4, -0.2) is 9.36 Å². The molecule has 0 aliphatic heterocycles. The predicted molar refractivity (Wildman–Crippen MR) is 63.0 cm³/mol. The van der Waals surface area contributed by atoms with E-state index in [9.17, 15) is 8.78 Å². The number of benzene rings is 1. The first-order valence-corrected chi connectivity index (χ1v) is 5.96. The lowest BCUT2D eigenvalue weighted by molar-refractivity contribution is 0.507. The van der Waals surface area contributed by atoms with Crippen LogP contribution in [0.4, 0.5) is 13.9 Å². The van der Waals surface area contributed by atoms with Gasteiger partial charge in [-0.3, -0.25) is 0 Å². The van der Waals surface area contributed by atoms with E-state index < -0.39 is 11.6 Å². The molecule has 17 heavy (non-hydrogen) atoms. The Hall–Kier alpha value is -1.56. The summed E-state index contributed by atoms with van der Waals surface area (Å²) in [7, 11) is 0. The Bertz CT molecular complexity index is 513. The van der Waals surface area contributed by atoms with Gasteiger partial charge in [0.25, 0.3) is 0 Å². The van der Waals surface area contributed by atoms with Crippen molar-refractivity contribution in [3.05, 3.63) is 41.2 Å². The van der Waals surface area contributed by atoms with Gasteiger partial charge in [0.1, 0.15) is 5.82 Å². The van der Waals surface area contributed by atoms with Crippen LogP contribution < -0.4 is 5.32 Å². The van der Waals surface area contributed by atoms with E-state index in [0.29, 0.717) is 17.2 Å². The Morgan fingerprint density at radius 1 is 1.29 bits per heavy atom. The standard InChI is InChI=1S/C11H11F2N3S/c1-2-10-15-11(17-16-10)14-6-7-3-4-8(12)9(13)5-7/h3-5H,2,6H2,1H3,(H,14,15,16). The van der Waals surface area contributed by atoms with Gasteiger partial charge in [-0.15, -0.1) is 0 Å². The molecule has 3 nitrogen and oxygen atoms in total. The summed E-state index contributed by atoms with van der Waals surface area (Å²) in [5, 5.41) is 3.70. The van der Waals surface area contributed by atoms with Crippen LogP contribution in [0.3, 0.4) is 0 Å². The van der Waals surface area contributed by atoms with Gasteiger partial charge in [-0.25, -0.2) is 13.8 Å². The number of aromatic nitrogens is 2. The minimum atomic E-state index is -0.837. The maximum atomic E-state index is 12.9. The first-order valence-electron chi connectivity index (χ1n) is 5.19. The first-order chi connectivity index (χ1) is 8.19. The van der Waals surface area contributed by atoms with Gasteiger partial charge < -0.3 is 5.32 Å². The van der Waals surface area contributed by atoms with Crippen LogP contribution in [-0.2, 0) is 13.0 Å². The molecule has 0 atom stereocenters. The fourth-order valence-corrected chi connectivity index (χ4v) is 1.94. The van der Waals surface area contributed by atoms with Gasteiger partial charge in [0.05, 0.1) is 0 Å². The van der Waals surface area contributed by atoms with Gasteiger partial charge in [-0.1, -0.05) is 13.0 Å². The third kappa shape index (κ3) is 2.97. The van der Waals surface area contributed by atoms with Gasteiger partial charge >= 0.3 is 0 Å². The molecular formula is C11H11F2N3S. The van der Waals surface area contributed by atoms with E-state index in [1.165, 1.54) is 23.7 Å². The van der Waals surface area contributed by atoms with Crippen molar-refractivity contribution in [2.24, 2.45) is 0 Å². The lowest BCUT2D eigenvalue weighted by atomic mass is 10.2. The van der Waals surface area contributed by atoms with Crippen molar-refractivity contribution in [2.75, 3.05) is 5.32 Å². The highest BCUT2D eigenvalue weighted by Crippen LogP contribution is 2.14. The zero-order valence-corrected chi connectivity index (χ0v) is 10.0. The van der Waals surface area contributed by atoms with Crippen molar-refractivity contribution in [1.82, 2.24) is 9.36 Å². The Kier molecular flexibility index (Phi) is 3.63. The second kappa shape index (κ2) is 5.18. The molecule has 0 aliphatic rings. The minimum absolute atomic E-state index is 0.398. The number of halogens is 2. The molecule has 0 amide bonds. The number of anilines is 1. The predicted octanol–water partition coefficient (Wildman–Crippen LogP) is 2.99. The largest absolute Gasteiger partial charge is 0.356 e.